The third-order valence-corrected chi connectivity index (χ3v) is 3.12. The third kappa shape index (κ3) is 8.39. The molecule has 1 atom stereocenters. The summed E-state index contributed by atoms with van der Waals surface area (Å²) >= 11 is 0. The summed E-state index contributed by atoms with van der Waals surface area (Å²) in [5.74, 6) is 0. The van der Waals surface area contributed by atoms with Crippen molar-refractivity contribution in [1.82, 2.24) is 0 Å². The van der Waals surface area contributed by atoms with E-state index >= 15 is 0 Å². The highest BCUT2D eigenvalue weighted by atomic mass is 16.7. The van der Waals surface area contributed by atoms with E-state index in [-0.39, 0.29) is 6.29 Å². The van der Waals surface area contributed by atoms with Crippen LogP contribution in [0.4, 0.5) is 0 Å². The first kappa shape index (κ1) is 14.7. The van der Waals surface area contributed by atoms with Gasteiger partial charge in [0.1, 0.15) is 0 Å². The Kier molecular flexibility index (Phi) is 9.34. The fourth-order valence-corrected chi connectivity index (χ4v) is 2.03. The Balaban J connectivity index is 1.84. The molecule has 0 N–H and O–H groups in total. The predicted molar refractivity (Wildman–Crippen MR) is 72.1 cm³/mol. The highest BCUT2D eigenvalue weighted by molar-refractivity contribution is 4.81. The second-order valence-corrected chi connectivity index (χ2v) is 4.78. The first-order valence-corrected chi connectivity index (χ1v) is 7.31. The van der Waals surface area contributed by atoms with Crippen LogP contribution in [0.3, 0.4) is 0 Å². The Morgan fingerprint density at radius 3 is 2.76 bits per heavy atom. The van der Waals surface area contributed by atoms with Crippen LogP contribution in [0, 0.1) is 0 Å². The molecule has 2 nitrogen and oxygen atoms in total. The standard InChI is InChI=1S/C15H28O2/c1-2-3-4-5-6-7-8-10-13-16-15-12-9-11-14-17-15/h7-8,15H,2-6,9-14H2,1H3/b8-7+. The van der Waals surface area contributed by atoms with Crippen molar-refractivity contribution in [3.8, 4) is 0 Å². The van der Waals surface area contributed by atoms with Crippen LogP contribution in [-0.2, 0) is 9.47 Å². The summed E-state index contributed by atoms with van der Waals surface area (Å²) < 4.78 is 11.2. The topological polar surface area (TPSA) is 18.5 Å². The molecule has 1 unspecified atom stereocenters. The van der Waals surface area contributed by atoms with Crippen LogP contribution >= 0.6 is 0 Å². The van der Waals surface area contributed by atoms with Crippen LogP contribution < -0.4 is 0 Å². The van der Waals surface area contributed by atoms with Gasteiger partial charge in [0.2, 0.25) is 0 Å². The van der Waals surface area contributed by atoms with Gasteiger partial charge in [-0.1, -0.05) is 38.3 Å². The summed E-state index contributed by atoms with van der Waals surface area (Å²) in [4.78, 5) is 0. The second kappa shape index (κ2) is 10.8. The molecule has 0 aromatic heterocycles. The summed E-state index contributed by atoms with van der Waals surface area (Å²) in [6.45, 7) is 3.93. The number of hydrogen-bond donors (Lipinski definition) is 0. The fraction of sp³-hybridized carbons (Fsp3) is 0.867. The van der Waals surface area contributed by atoms with Gasteiger partial charge in [0.25, 0.3) is 0 Å². The Labute approximate surface area is 106 Å². The lowest BCUT2D eigenvalue weighted by atomic mass is 10.1. The molecule has 1 aliphatic rings. The van der Waals surface area contributed by atoms with E-state index in [1.807, 2.05) is 0 Å². The van der Waals surface area contributed by atoms with E-state index in [1.165, 1.54) is 44.9 Å². The maximum Gasteiger partial charge on any atom is 0.157 e. The molecule has 100 valence electrons. The van der Waals surface area contributed by atoms with Gasteiger partial charge in [-0.05, 0) is 38.5 Å². The quantitative estimate of drug-likeness (QED) is 0.438. The van der Waals surface area contributed by atoms with Crippen molar-refractivity contribution in [2.75, 3.05) is 13.2 Å². The number of ether oxygens (including phenoxy) is 2. The molecule has 17 heavy (non-hydrogen) atoms. The van der Waals surface area contributed by atoms with E-state index in [1.54, 1.807) is 0 Å². The number of rotatable bonds is 9. The summed E-state index contributed by atoms with van der Waals surface area (Å²) in [6, 6.07) is 0. The zero-order chi connectivity index (χ0) is 12.2. The molecule has 0 bridgehead atoms. The monoisotopic (exact) mass is 240 g/mol. The van der Waals surface area contributed by atoms with E-state index < -0.39 is 0 Å². The van der Waals surface area contributed by atoms with Crippen molar-refractivity contribution in [3.05, 3.63) is 12.2 Å². The zero-order valence-electron chi connectivity index (χ0n) is 11.3. The average Bonchev–Trinajstić information content (AvgIpc) is 2.38. The van der Waals surface area contributed by atoms with Gasteiger partial charge >= 0.3 is 0 Å². The van der Waals surface area contributed by atoms with E-state index in [4.69, 9.17) is 9.47 Å². The summed E-state index contributed by atoms with van der Waals surface area (Å²) in [7, 11) is 0. The van der Waals surface area contributed by atoms with Crippen LogP contribution in [0.25, 0.3) is 0 Å². The molecule has 1 fully saturated rings. The molecule has 0 amide bonds. The van der Waals surface area contributed by atoms with Crippen LogP contribution in [0.5, 0.6) is 0 Å². The molecule has 1 aliphatic heterocycles. The Hall–Kier alpha value is -0.340. The number of unbranched alkanes of at least 4 members (excludes halogenated alkanes) is 4. The van der Waals surface area contributed by atoms with Gasteiger partial charge in [-0.15, -0.1) is 0 Å². The van der Waals surface area contributed by atoms with E-state index in [2.05, 4.69) is 19.1 Å². The molecule has 1 heterocycles. The molecule has 0 aliphatic carbocycles. The molecule has 0 aromatic carbocycles. The Morgan fingerprint density at radius 1 is 1.12 bits per heavy atom. The first-order valence-electron chi connectivity index (χ1n) is 7.31. The maximum absolute atomic E-state index is 5.65. The van der Waals surface area contributed by atoms with Crippen LogP contribution in [0.2, 0.25) is 0 Å². The van der Waals surface area contributed by atoms with E-state index in [9.17, 15) is 0 Å². The van der Waals surface area contributed by atoms with Gasteiger partial charge < -0.3 is 9.47 Å². The minimum absolute atomic E-state index is 0.0710. The Morgan fingerprint density at radius 2 is 2.00 bits per heavy atom. The van der Waals surface area contributed by atoms with Gasteiger partial charge in [0.15, 0.2) is 6.29 Å². The minimum atomic E-state index is 0.0710. The second-order valence-electron chi connectivity index (χ2n) is 4.78. The molecular weight excluding hydrogens is 212 g/mol. The maximum atomic E-state index is 5.65. The van der Waals surface area contributed by atoms with Crippen molar-refractivity contribution in [1.29, 1.82) is 0 Å². The number of hydrogen-bond acceptors (Lipinski definition) is 2. The molecule has 0 aromatic rings. The van der Waals surface area contributed by atoms with Crippen LogP contribution in [0.1, 0.15) is 64.7 Å². The van der Waals surface area contributed by atoms with Gasteiger partial charge in [-0.25, -0.2) is 0 Å². The van der Waals surface area contributed by atoms with E-state index in [0.717, 1.165) is 26.1 Å². The van der Waals surface area contributed by atoms with Crippen molar-refractivity contribution in [2.45, 2.75) is 71.0 Å². The normalized spacial score (nSPS) is 21.1. The molecule has 0 saturated carbocycles. The molecular formula is C15H28O2. The molecule has 0 spiro atoms. The largest absolute Gasteiger partial charge is 0.353 e. The smallest absolute Gasteiger partial charge is 0.157 e. The molecule has 0 radical (unpaired) electrons. The highest BCUT2D eigenvalue weighted by Crippen LogP contribution is 2.13. The predicted octanol–water partition coefficient (Wildman–Crippen LogP) is 4.45. The van der Waals surface area contributed by atoms with Crippen molar-refractivity contribution < 1.29 is 9.47 Å². The third-order valence-electron chi connectivity index (χ3n) is 3.12. The van der Waals surface area contributed by atoms with E-state index in [0.29, 0.717) is 0 Å². The lowest BCUT2D eigenvalue weighted by molar-refractivity contribution is -0.161. The summed E-state index contributed by atoms with van der Waals surface area (Å²) in [5, 5.41) is 0. The van der Waals surface area contributed by atoms with Gasteiger partial charge in [0.05, 0.1) is 6.61 Å². The summed E-state index contributed by atoms with van der Waals surface area (Å²) in [5.41, 5.74) is 0. The molecule has 1 saturated heterocycles. The SMILES string of the molecule is CCCCCC/C=C/CCOC1CCCCO1. The number of allylic oxidation sites excluding steroid dienone is 1. The van der Waals surface area contributed by atoms with Crippen LogP contribution in [-0.4, -0.2) is 19.5 Å². The Bertz CT molecular complexity index is 183. The fourth-order valence-electron chi connectivity index (χ4n) is 2.03. The minimum Gasteiger partial charge on any atom is -0.353 e. The zero-order valence-corrected chi connectivity index (χ0v) is 11.3. The molecule has 2 heteroatoms. The molecule has 1 rings (SSSR count). The van der Waals surface area contributed by atoms with Crippen LogP contribution in [0.15, 0.2) is 12.2 Å². The van der Waals surface area contributed by atoms with Gasteiger partial charge in [-0.3, -0.25) is 0 Å². The lowest BCUT2D eigenvalue weighted by Crippen LogP contribution is -2.22. The van der Waals surface area contributed by atoms with Gasteiger partial charge in [0, 0.05) is 6.61 Å². The lowest BCUT2D eigenvalue weighted by Gasteiger charge is -2.22. The first-order chi connectivity index (χ1) is 8.43. The van der Waals surface area contributed by atoms with Crippen molar-refractivity contribution >= 4 is 0 Å². The average molecular weight is 240 g/mol. The van der Waals surface area contributed by atoms with Gasteiger partial charge in [-0.2, -0.15) is 0 Å². The van der Waals surface area contributed by atoms with Crippen molar-refractivity contribution in [3.63, 3.8) is 0 Å². The van der Waals surface area contributed by atoms with Crippen molar-refractivity contribution in [2.24, 2.45) is 0 Å². The summed E-state index contributed by atoms with van der Waals surface area (Å²) in [6.07, 6.45) is 15.7. The highest BCUT2D eigenvalue weighted by Gasteiger charge is 2.12.